The van der Waals surface area contributed by atoms with Gasteiger partial charge in [0.25, 0.3) is 0 Å². The lowest BCUT2D eigenvalue weighted by molar-refractivity contribution is 0.0876. The minimum atomic E-state index is -0.842. The van der Waals surface area contributed by atoms with Gasteiger partial charge in [-0.15, -0.1) is 0 Å². The maximum Gasteiger partial charge on any atom is 0.404 e. The van der Waals surface area contributed by atoms with Crippen molar-refractivity contribution < 1.29 is 14.3 Å². The van der Waals surface area contributed by atoms with E-state index in [1.165, 1.54) is 5.56 Å². The molecule has 1 heterocycles. The van der Waals surface area contributed by atoms with Crippen LogP contribution >= 0.6 is 11.6 Å². The van der Waals surface area contributed by atoms with Gasteiger partial charge in [0.15, 0.2) is 5.78 Å². The molecular formula is C23H25ClN2O3. The number of Topliss-reactive ketones (excluding diaryl/α,β-unsaturated/α-hetero) is 1. The fraction of sp³-hybridized carbons (Fsp3) is 0.435. The first-order valence-corrected chi connectivity index (χ1v) is 10.6. The molecule has 4 rings (SSSR count). The Balaban J connectivity index is 1.47. The van der Waals surface area contributed by atoms with E-state index in [4.69, 9.17) is 22.1 Å². The molecule has 0 radical (unpaired) electrons. The van der Waals surface area contributed by atoms with E-state index in [2.05, 4.69) is 11.1 Å². The smallest absolute Gasteiger partial charge is 0.404 e. The predicted molar refractivity (Wildman–Crippen MR) is 111 cm³/mol. The van der Waals surface area contributed by atoms with Crippen LogP contribution in [0, 0.1) is 5.92 Å². The van der Waals surface area contributed by atoms with Crippen LogP contribution < -0.4 is 5.73 Å². The number of hydrogen-bond acceptors (Lipinski definition) is 4. The molecule has 1 aromatic carbocycles. The van der Waals surface area contributed by atoms with Crippen molar-refractivity contribution in [2.75, 3.05) is 0 Å². The highest BCUT2D eigenvalue weighted by Gasteiger charge is 2.34. The number of amides is 1. The molecule has 152 valence electrons. The van der Waals surface area contributed by atoms with Gasteiger partial charge in [0.1, 0.15) is 12.3 Å². The summed E-state index contributed by atoms with van der Waals surface area (Å²) in [6, 6.07) is 11.8. The normalized spacial score (nSPS) is 21.6. The third-order valence-corrected chi connectivity index (χ3v) is 6.25. The van der Waals surface area contributed by atoms with Gasteiger partial charge in [-0.1, -0.05) is 29.8 Å². The molecule has 6 heteroatoms. The van der Waals surface area contributed by atoms with Crippen molar-refractivity contribution >= 4 is 23.5 Å². The van der Waals surface area contributed by atoms with Crippen LogP contribution in [0.2, 0.25) is 5.02 Å². The van der Waals surface area contributed by atoms with Crippen LogP contribution in [0.1, 0.15) is 77.7 Å². The molecule has 0 atom stereocenters. The van der Waals surface area contributed by atoms with Crippen LogP contribution in [0.15, 0.2) is 36.4 Å². The van der Waals surface area contributed by atoms with Gasteiger partial charge in [-0.25, -0.2) is 9.78 Å². The Hall–Kier alpha value is -2.40. The Morgan fingerprint density at radius 1 is 1.03 bits per heavy atom. The van der Waals surface area contributed by atoms with Crippen molar-refractivity contribution in [2.24, 2.45) is 11.7 Å². The van der Waals surface area contributed by atoms with Crippen molar-refractivity contribution in [3.8, 4) is 0 Å². The first kappa shape index (κ1) is 19.9. The number of ether oxygens (including phenoxy) is 1. The zero-order chi connectivity index (χ0) is 20.4. The summed E-state index contributed by atoms with van der Waals surface area (Å²) in [6.07, 6.45) is 5.00. The van der Waals surface area contributed by atoms with Crippen LogP contribution in [0.5, 0.6) is 0 Å². The molecule has 1 aromatic heterocycles. The van der Waals surface area contributed by atoms with Gasteiger partial charge < -0.3 is 10.5 Å². The standard InChI is InChI=1S/C23H25ClN2O3/c24-18-3-1-2-17(12-18)14-4-8-16(9-5-14)22(27)21-20(15-6-7-15)11-10-19(26-21)13-29-23(25)28/h1-3,10-12,14-16H,4-9,13H2,(H2,25,28). The van der Waals surface area contributed by atoms with Crippen molar-refractivity contribution in [3.05, 3.63) is 63.9 Å². The van der Waals surface area contributed by atoms with E-state index in [9.17, 15) is 9.59 Å². The van der Waals surface area contributed by atoms with E-state index in [0.717, 1.165) is 49.1 Å². The van der Waals surface area contributed by atoms with Crippen molar-refractivity contribution in [2.45, 2.75) is 57.0 Å². The SMILES string of the molecule is NC(=O)OCc1ccc(C2CC2)c(C(=O)C2CCC(c3cccc(Cl)c3)CC2)n1. The van der Waals surface area contributed by atoms with Crippen LogP contribution in [-0.4, -0.2) is 16.9 Å². The third-order valence-electron chi connectivity index (χ3n) is 6.02. The second-order valence-electron chi connectivity index (χ2n) is 8.09. The zero-order valence-corrected chi connectivity index (χ0v) is 17.0. The number of primary amides is 1. The molecule has 0 aliphatic heterocycles. The van der Waals surface area contributed by atoms with E-state index >= 15 is 0 Å². The highest BCUT2D eigenvalue weighted by atomic mass is 35.5. The predicted octanol–water partition coefficient (Wildman–Crippen LogP) is 5.36. The first-order valence-electron chi connectivity index (χ1n) is 10.2. The van der Waals surface area contributed by atoms with Crippen molar-refractivity contribution in [1.29, 1.82) is 0 Å². The lowest BCUT2D eigenvalue weighted by atomic mass is 9.76. The molecule has 29 heavy (non-hydrogen) atoms. The number of benzene rings is 1. The molecule has 2 N–H and O–H groups in total. The average molecular weight is 413 g/mol. The fourth-order valence-electron chi connectivity index (χ4n) is 4.30. The molecule has 5 nitrogen and oxygen atoms in total. The summed E-state index contributed by atoms with van der Waals surface area (Å²) in [5.74, 6) is 0.986. The summed E-state index contributed by atoms with van der Waals surface area (Å²) in [5, 5.41) is 0.758. The Bertz CT molecular complexity index is 918. The summed E-state index contributed by atoms with van der Waals surface area (Å²) < 4.78 is 4.85. The summed E-state index contributed by atoms with van der Waals surface area (Å²) in [7, 11) is 0. The topological polar surface area (TPSA) is 82.3 Å². The Labute approximate surface area is 175 Å². The van der Waals surface area contributed by atoms with E-state index in [1.54, 1.807) is 0 Å². The summed E-state index contributed by atoms with van der Waals surface area (Å²) in [5.41, 5.74) is 8.46. The van der Waals surface area contributed by atoms with Crippen molar-refractivity contribution in [1.82, 2.24) is 4.98 Å². The molecule has 0 bridgehead atoms. The maximum atomic E-state index is 13.3. The number of nitrogens with zero attached hydrogens (tertiary/aromatic N) is 1. The monoisotopic (exact) mass is 412 g/mol. The molecular weight excluding hydrogens is 388 g/mol. The number of ketones is 1. The number of aromatic nitrogens is 1. The van der Waals surface area contributed by atoms with E-state index in [1.807, 2.05) is 30.3 Å². The number of pyridine rings is 1. The number of carbonyl (C=O) groups is 2. The number of rotatable bonds is 6. The number of nitrogens with two attached hydrogens (primary N) is 1. The Morgan fingerprint density at radius 3 is 2.41 bits per heavy atom. The highest BCUT2D eigenvalue weighted by Crippen LogP contribution is 2.43. The minimum absolute atomic E-state index is 0.0113. The molecule has 2 fully saturated rings. The first-order chi connectivity index (χ1) is 14.0. The molecule has 2 saturated carbocycles. The second kappa shape index (κ2) is 8.54. The summed E-state index contributed by atoms with van der Waals surface area (Å²) in [4.78, 5) is 28.8. The Kier molecular flexibility index (Phi) is 5.86. The fourth-order valence-corrected chi connectivity index (χ4v) is 4.50. The van der Waals surface area contributed by atoms with Gasteiger partial charge in [-0.3, -0.25) is 4.79 Å². The van der Waals surface area contributed by atoms with E-state index < -0.39 is 6.09 Å². The van der Waals surface area contributed by atoms with Crippen LogP contribution in [0.3, 0.4) is 0 Å². The van der Waals surface area contributed by atoms with Gasteiger partial charge in [-0.05, 0) is 79.7 Å². The van der Waals surface area contributed by atoms with E-state index in [-0.39, 0.29) is 18.3 Å². The van der Waals surface area contributed by atoms with Crippen LogP contribution in [0.4, 0.5) is 4.79 Å². The molecule has 2 aliphatic carbocycles. The van der Waals surface area contributed by atoms with Crippen LogP contribution in [0.25, 0.3) is 0 Å². The molecule has 2 aromatic rings. The van der Waals surface area contributed by atoms with Crippen molar-refractivity contribution in [3.63, 3.8) is 0 Å². The van der Waals surface area contributed by atoms with Gasteiger partial charge >= 0.3 is 6.09 Å². The van der Waals surface area contributed by atoms with Gasteiger partial charge in [0.2, 0.25) is 0 Å². The molecule has 0 unspecified atom stereocenters. The Morgan fingerprint density at radius 2 is 1.76 bits per heavy atom. The number of halogens is 1. The van der Waals surface area contributed by atoms with E-state index in [0.29, 0.717) is 23.2 Å². The maximum absolute atomic E-state index is 13.3. The molecule has 2 aliphatic rings. The molecule has 0 saturated heterocycles. The minimum Gasteiger partial charge on any atom is -0.443 e. The summed E-state index contributed by atoms with van der Waals surface area (Å²) >= 11 is 6.13. The van der Waals surface area contributed by atoms with Crippen LogP contribution in [-0.2, 0) is 11.3 Å². The van der Waals surface area contributed by atoms with Gasteiger partial charge in [-0.2, -0.15) is 0 Å². The number of hydrogen-bond donors (Lipinski definition) is 1. The lowest BCUT2D eigenvalue weighted by Gasteiger charge is -2.28. The summed E-state index contributed by atoms with van der Waals surface area (Å²) in [6.45, 7) is -0.0118. The zero-order valence-electron chi connectivity index (χ0n) is 16.3. The highest BCUT2D eigenvalue weighted by molar-refractivity contribution is 6.30. The lowest BCUT2D eigenvalue weighted by Crippen LogP contribution is -2.24. The molecule has 0 spiro atoms. The molecule has 1 amide bonds. The largest absolute Gasteiger partial charge is 0.443 e. The number of carbonyl (C=O) groups excluding carboxylic acids is 2. The third kappa shape index (κ3) is 4.78. The second-order valence-corrected chi connectivity index (χ2v) is 8.53. The average Bonchev–Trinajstić information content (AvgIpc) is 3.57. The van der Waals surface area contributed by atoms with Gasteiger partial charge in [0.05, 0.1) is 5.69 Å². The van der Waals surface area contributed by atoms with Gasteiger partial charge in [0, 0.05) is 10.9 Å². The quantitative estimate of drug-likeness (QED) is 0.647.